The van der Waals surface area contributed by atoms with Crippen LogP contribution in [0, 0.1) is 0 Å². The topological polar surface area (TPSA) is 71.1 Å². The summed E-state index contributed by atoms with van der Waals surface area (Å²) in [5, 5.41) is 7.39. The number of sulfone groups is 1. The average Bonchev–Trinajstić information content (AvgIpc) is 3.10. The molecule has 0 saturated carbocycles. The monoisotopic (exact) mass is 371 g/mol. The molecule has 0 radical (unpaired) electrons. The number of hydrogen-bond acceptors (Lipinski definition) is 6. The minimum absolute atomic E-state index is 0.123. The molecule has 1 aromatic rings. The lowest BCUT2D eigenvalue weighted by atomic mass is 10.2. The fourth-order valence-electron chi connectivity index (χ4n) is 2.95. The quantitative estimate of drug-likeness (QED) is 0.614. The predicted octanol–water partition coefficient (Wildman–Crippen LogP) is 0.756. The maximum absolute atomic E-state index is 11.7. The normalized spacial score (nSPS) is 21.0. The van der Waals surface area contributed by atoms with Crippen LogP contribution >= 0.6 is 12.2 Å². The summed E-state index contributed by atoms with van der Waals surface area (Å²) in [5.41, 5.74) is 1.01. The van der Waals surface area contributed by atoms with Gasteiger partial charge in [-0.2, -0.15) is 0 Å². The Bertz CT molecular complexity index is 736. The molecule has 0 bridgehead atoms. The maximum atomic E-state index is 11.7. The Morgan fingerprint density at radius 3 is 2.75 bits per heavy atom. The molecule has 1 N–H and O–H groups in total. The summed E-state index contributed by atoms with van der Waals surface area (Å²) >= 11 is 5.48. The van der Waals surface area contributed by atoms with Crippen LogP contribution in [0.15, 0.2) is 18.2 Å². The Hall–Kier alpha value is -1.58. The van der Waals surface area contributed by atoms with Crippen LogP contribution < -0.4 is 14.8 Å². The smallest absolute Gasteiger partial charge is 0.231 e. The van der Waals surface area contributed by atoms with E-state index in [1.165, 1.54) is 0 Å². The van der Waals surface area contributed by atoms with E-state index in [9.17, 15) is 8.42 Å². The highest BCUT2D eigenvalue weighted by molar-refractivity contribution is 7.91. The van der Waals surface area contributed by atoms with Crippen LogP contribution in [0.4, 0.5) is 0 Å². The number of nitrogens with one attached hydrogen (secondary N) is 1. The van der Waals surface area contributed by atoms with Gasteiger partial charge >= 0.3 is 0 Å². The third-order valence-corrected chi connectivity index (χ3v) is 6.16. The Balaban J connectivity index is 1.64. The van der Waals surface area contributed by atoms with Crippen LogP contribution in [0.5, 0.6) is 11.5 Å². The fourth-order valence-corrected chi connectivity index (χ4v) is 5.03. The number of ether oxygens (including phenoxy) is 2. The highest BCUT2D eigenvalue weighted by Gasteiger charge is 2.34. The van der Waals surface area contributed by atoms with E-state index in [4.69, 9.17) is 21.7 Å². The zero-order valence-corrected chi connectivity index (χ0v) is 15.3. The number of benzene rings is 1. The molecule has 0 spiro atoms. The van der Waals surface area contributed by atoms with E-state index >= 15 is 0 Å². The van der Waals surface area contributed by atoms with Crippen molar-refractivity contribution in [3.05, 3.63) is 23.8 Å². The number of rotatable bonds is 4. The van der Waals surface area contributed by atoms with Gasteiger partial charge in [-0.25, -0.2) is 13.4 Å². The van der Waals surface area contributed by atoms with Crippen molar-refractivity contribution < 1.29 is 17.9 Å². The van der Waals surface area contributed by atoms with E-state index in [0.717, 1.165) is 17.1 Å². The van der Waals surface area contributed by atoms with Gasteiger partial charge in [0.15, 0.2) is 26.4 Å². The fraction of sp³-hybridized carbons (Fsp3) is 0.533. The molecule has 1 fully saturated rings. The van der Waals surface area contributed by atoms with Gasteiger partial charge in [0.2, 0.25) is 6.79 Å². The molecule has 0 unspecified atom stereocenters. The second-order valence-corrected chi connectivity index (χ2v) is 8.71. The van der Waals surface area contributed by atoms with Crippen LogP contribution in [-0.4, -0.2) is 62.0 Å². The second kappa shape index (κ2) is 6.73. The first-order chi connectivity index (χ1) is 11.4. The first-order valence-corrected chi connectivity index (χ1v) is 9.92. The summed E-state index contributed by atoms with van der Waals surface area (Å²) in [5.74, 6) is 1.82. The van der Waals surface area contributed by atoms with Crippen molar-refractivity contribution in [1.29, 1.82) is 0 Å². The SMILES string of the molecule is CN(C)N(C(=S)NCc1ccc2c(c1)OCO2)[C@@H]1CCS(=O)(=O)C1. The van der Waals surface area contributed by atoms with Gasteiger partial charge in [-0.1, -0.05) is 6.07 Å². The Kier molecular flexibility index (Phi) is 4.84. The molecule has 2 heterocycles. The van der Waals surface area contributed by atoms with E-state index in [1.54, 1.807) is 0 Å². The van der Waals surface area contributed by atoms with Crippen LogP contribution in [-0.2, 0) is 16.4 Å². The zero-order valence-electron chi connectivity index (χ0n) is 13.7. The molecule has 2 aliphatic rings. The summed E-state index contributed by atoms with van der Waals surface area (Å²) in [6.07, 6.45) is 0.590. The highest BCUT2D eigenvalue weighted by Crippen LogP contribution is 2.32. The Morgan fingerprint density at radius 1 is 1.33 bits per heavy atom. The first kappa shape index (κ1) is 17.2. The largest absolute Gasteiger partial charge is 0.454 e. The summed E-state index contributed by atoms with van der Waals surface area (Å²) in [4.78, 5) is 0. The number of hydrogen-bond donors (Lipinski definition) is 1. The van der Waals surface area contributed by atoms with Gasteiger partial charge in [-0.3, -0.25) is 5.01 Å². The minimum atomic E-state index is -2.97. The Labute approximate surface area is 147 Å². The van der Waals surface area contributed by atoms with Gasteiger partial charge in [-0.05, 0) is 36.3 Å². The highest BCUT2D eigenvalue weighted by atomic mass is 32.2. The number of fused-ring (bicyclic) bond motifs is 1. The van der Waals surface area contributed by atoms with Crippen molar-refractivity contribution in [2.75, 3.05) is 32.4 Å². The van der Waals surface area contributed by atoms with E-state index in [-0.39, 0.29) is 24.3 Å². The van der Waals surface area contributed by atoms with Gasteiger partial charge in [0, 0.05) is 20.6 Å². The lowest BCUT2D eigenvalue weighted by Gasteiger charge is -2.36. The van der Waals surface area contributed by atoms with E-state index < -0.39 is 9.84 Å². The molecule has 0 aromatic heterocycles. The van der Waals surface area contributed by atoms with Crippen molar-refractivity contribution in [3.63, 3.8) is 0 Å². The van der Waals surface area contributed by atoms with Gasteiger partial charge in [0.25, 0.3) is 0 Å². The number of hydrazine groups is 1. The molecule has 1 saturated heterocycles. The van der Waals surface area contributed by atoms with Crippen LogP contribution in [0.25, 0.3) is 0 Å². The van der Waals surface area contributed by atoms with E-state index in [1.807, 2.05) is 42.3 Å². The van der Waals surface area contributed by atoms with Gasteiger partial charge in [0.1, 0.15) is 0 Å². The predicted molar refractivity (Wildman–Crippen MR) is 94.6 cm³/mol. The molecular formula is C15H21N3O4S2. The van der Waals surface area contributed by atoms with Crippen LogP contribution in [0.3, 0.4) is 0 Å². The molecule has 3 rings (SSSR count). The molecule has 1 aromatic carbocycles. The molecule has 1 atom stereocenters. The van der Waals surface area contributed by atoms with Crippen molar-refractivity contribution in [2.45, 2.75) is 19.0 Å². The third kappa shape index (κ3) is 3.73. The summed E-state index contributed by atoms with van der Waals surface area (Å²) in [6.45, 7) is 0.772. The van der Waals surface area contributed by atoms with Gasteiger partial charge < -0.3 is 14.8 Å². The van der Waals surface area contributed by atoms with Crippen molar-refractivity contribution >= 4 is 27.2 Å². The van der Waals surface area contributed by atoms with Gasteiger partial charge in [0.05, 0.1) is 17.5 Å². The number of thiocarbonyl (C=S) groups is 1. The summed E-state index contributed by atoms with van der Waals surface area (Å²) in [7, 11) is 0.754. The van der Waals surface area contributed by atoms with Crippen molar-refractivity contribution in [2.24, 2.45) is 0 Å². The standard InChI is InChI=1S/C15H21N3O4S2/c1-17(2)18(12-5-6-24(19,20)9-12)15(23)16-8-11-3-4-13-14(7-11)22-10-21-13/h3-4,7,12H,5-6,8-10H2,1-2H3,(H,16,23)/t12-/m1/s1. The first-order valence-electron chi connectivity index (χ1n) is 7.69. The molecule has 0 amide bonds. The lowest BCUT2D eigenvalue weighted by molar-refractivity contribution is 0.0712. The average molecular weight is 371 g/mol. The molecule has 0 aliphatic carbocycles. The molecular weight excluding hydrogens is 350 g/mol. The Morgan fingerprint density at radius 2 is 2.08 bits per heavy atom. The zero-order chi connectivity index (χ0) is 17.3. The minimum Gasteiger partial charge on any atom is -0.454 e. The molecule has 7 nitrogen and oxygen atoms in total. The van der Waals surface area contributed by atoms with Gasteiger partial charge in [-0.15, -0.1) is 0 Å². The summed E-state index contributed by atoms with van der Waals surface area (Å²) in [6, 6.07) is 5.61. The van der Waals surface area contributed by atoms with E-state index in [0.29, 0.717) is 18.1 Å². The number of nitrogens with zero attached hydrogens (tertiary/aromatic N) is 2. The van der Waals surface area contributed by atoms with Crippen molar-refractivity contribution in [3.8, 4) is 11.5 Å². The van der Waals surface area contributed by atoms with Crippen LogP contribution in [0.2, 0.25) is 0 Å². The second-order valence-electron chi connectivity index (χ2n) is 6.09. The maximum Gasteiger partial charge on any atom is 0.231 e. The summed E-state index contributed by atoms with van der Waals surface area (Å²) < 4.78 is 34.2. The molecule has 9 heteroatoms. The van der Waals surface area contributed by atoms with Crippen LogP contribution in [0.1, 0.15) is 12.0 Å². The van der Waals surface area contributed by atoms with Crippen molar-refractivity contribution in [1.82, 2.24) is 15.3 Å². The molecule has 2 aliphatic heterocycles. The lowest BCUT2D eigenvalue weighted by Crippen LogP contribution is -2.53. The molecule has 132 valence electrons. The molecule has 24 heavy (non-hydrogen) atoms. The third-order valence-electron chi connectivity index (χ3n) is 4.07. The van der Waals surface area contributed by atoms with E-state index in [2.05, 4.69) is 5.32 Å².